The molecule has 0 fully saturated rings. The lowest BCUT2D eigenvalue weighted by molar-refractivity contribution is -0.121. The van der Waals surface area contributed by atoms with Crippen molar-refractivity contribution in [3.63, 3.8) is 0 Å². The minimum atomic E-state index is -0.175. The Hall–Kier alpha value is -2.04. The predicted octanol–water partition coefficient (Wildman–Crippen LogP) is 0.569. The summed E-state index contributed by atoms with van der Waals surface area (Å²) in [5, 5.41) is 2.52. The Morgan fingerprint density at radius 2 is 1.82 bits per heavy atom. The number of aromatic nitrogens is 2. The Balaban J connectivity index is 2.66. The first kappa shape index (κ1) is 11.4. The first-order chi connectivity index (χ1) is 8.19. The van der Waals surface area contributed by atoms with Crippen molar-refractivity contribution in [1.82, 2.24) is 14.5 Å². The van der Waals surface area contributed by atoms with Crippen LogP contribution in [-0.4, -0.2) is 22.1 Å². The molecule has 0 radical (unpaired) electrons. The van der Waals surface area contributed by atoms with E-state index in [1.165, 1.54) is 4.57 Å². The van der Waals surface area contributed by atoms with E-state index in [2.05, 4.69) is 5.32 Å². The van der Waals surface area contributed by atoms with Gasteiger partial charge in [0, 0.05) is 13.6 Å². The molecule has 0 aliphatic heterocycles. The Kier molecular flexibility index (Phi) is 2.99. The van der Waals surface area contributed by atoms with E-state index < -0.39 is 0 Å². The lowest BCUT2D eigenvalue weighted by Gasteiger charge is -2.01. The monoisotopic (exact) mass is 233 g/mol. The largest absolute Gasteiger partial charge is 0.358 e. The lowest BCUT2D eigenvalue weighted by atomic mass is 10.3. The smallest absolute Gasteiger partial charge is 0.329 e. The topological polar surface area (TPSA) is 56.0 Å². The van der Waals surface area contributed by atoms with Gasteiger partial charge in [-0.15, -0.1) is 0 Å². The molecule has 0 bridgehead atoms. The standard InChI is InChI=1S/C12H15N3O2/c1-3-14-9-6-4-5-7-10(9)15(12(14)17)8-11(16)13-2/h4-7H,3,8H2,1-2H3,(H,13,16). The van der Waals surface area contributed by atoms with E-state index in [1.807, 2.05) is 31.2 Å². The van der Waals surface area contributed by atoms with Gasteiger partial charge < -0.3 is 5.32 Å². The molecule has 1 N–H and O–H groups in total. The normalized spacial score (nSPS) is 10.7. The number of para-hydroxylation sites is 2. The summed E-state index contributed by atoms with van der Waals surface area (Å²) in [6.45, 7) is 2.57. The molecule has 1 aromatic carbocycles. The fourth-order valence-electron chi connectivity index (χ4n) is 1.95. The molecule has 0 aliphatic rings. The molecule has 17 heavy (non-hydrogen) atoms. The fraction of sp³-hybridized carbons (Fsp3) is 0.333. The number of hydrogen-bond donors (Lipinski definition) is 1. The number of carbonyl (C=O) groups is 1. The van der Waals surface area contributed by atoms with Crippen LogP contribution in [0.3, 0.4) is 0 Å². The highest BCUT2D eigenvalue weighted by atomic mass is 16.2. The highest BCUT2D eigenvalue weighted by Gasteiger charge is 2.13. The molecule has 0 unspecified atom stereocenters. The Labute approximate surface area is 98.7 Å². The molecule has 90 valence electrons. The number of rotatable bonds is 3. The number of imidazole rings is 1. The van der Waals surface area contributed by atoms with E-state index in [-0.39, 0.29) is 18.1 Å². The molecule has 1 heterocycles. The van der Waals surface area contributed by atoms with Crippen LogP contribution in [0, 0.1) is 0 Å². The second-order valence-electron chi connectivity index (χ2n) is 3.77. The molecule has 1 aromatic heterocycles. The molecule has 5 nitrogen and oxygen atoms in total. The van der Waals surface area contributed by atoms with Gasteiger partial charge in [-0.2, -0.15) is 0 Å². The minimum Gasteiger partial charge on any atom is -0.358 e. The zero-order chi connectivity index (χ0) is 12.4. The Morgan fingerprint density at radius 1 is 1.24 bits per heavy atom. The van der Waals surface area contributed by atoms with Crippen molar-refractivity contribution < 1.29 is 4.79 Å². The first-order valence-electron chi connectivity index (χ1n) is 5.57. The number of nitrogens with zero attached hydrogens (tertiary/aromatic N) is 2. The number of hydrogen-bond acceptors (Lipinski definition) is 2. The van der Waals surface area contributed by atoms with Gasteiger partial charge in [-0.3, -0.25) is 13.9 Å². The molecule has 0 aliphatic carbocycles. The van der Waals surface area contributed by atoms with Crippen LogP contribution in [0.25, 0.3) is 11.0 Å². The van der Waals surface area contributed by atoms with Crippen molar-refractivity contribution in [2.24, 2.45) is 0 Å². The zero-order valence-corrected chi connectivity index (χ0v) is 9.93. The van der Waals surface area contributed by atoms with Gasteiger partial charge in [0.1, 0.15) is 6.54 Å². The second kappa shape index (κ2) is 4.45. The van der Waals surface area contributed by atoms with Crippen LogP contribution in [0.2, 0.25) is 0 Å². The second-order valence-corrected chi connectivity index (χ2v) is 3.77. The van der Waals surface area contributed by atoms with E-state index in [9.17, 15) is 9.59 Å². The summed E-state index contributed by atoms with van der Waals surface area (Å²) in [6, 6.07) is 7.49. The quantitative estimate of drug-likeness (QED) is 0.842. The number of aryl methyl sites for hydroxylation is 1. The van der Waals surface area contributed by atoms with Crippen molar-refractivity contribution in [3.05, 3.63) is 34.7 Å². The summed E-state index contributed by atoms with van der Waals surface area (Å²) in [5.41, 5.74) is 1.52. The first-order valence-corrected chi connectivity index (χ1v) is 5.57. The third kappa shape index (κ3) is 1.84. The third-order valence-electron chi connectivity index (χ3n) is 2.82. The molecule has 2 aromatic rings. The van der Waals surface area contributed by atoms with E-state index in [1.54, 1.807) is 11.6 Å². The molecule has 0 atom stereocenters. The van der Waals surface area contributed by atoms with E-state index in [0.717, 1.165) is 11.0 Å². The number of carbonyl (C=O) groups excluding carboxylic acids is 1. The van der Waals surface area contributed by atoms with Crippen LogP contribution in [0.1, 0.15) is 6.92 Å². The minimum absolute atomic E-state index is 0.0584. The number of amides is 1. The molecule has 0 saturated carbocycles. The van der Waals surface area contributed by atoms with Gasteiger partial charge in [-0.1, -0.05) is 12.1 Å². The van der Waals surface area contributed by atoms with Crippen molar-refractivity contribution in [3.8, 4) is 0 Å². The van der Waals surface area contributed by atoms with E-state index >= 15 is 0 Å². The maximum atomic E-state index is 12.1. The molecule has 1 amide bonds. The number of nitrogens with one attached hydrogen (secondary N) is 1. The highest BCUT2D eigenvalue weighted by molar-refractivity contribution is 5.80. The predicted molar refractivity (Wildman–Crippen MR) is 65.9 cm³/mol. The van der Waals surface area contributed by atoms with Crippen LogP contribution in [0.4, 0.5) is 0 Å². The summed E-state index contributed by atoms with van der Waals surface area (Å²) < 4.78 is 3.16. The molecular weight excluding hydrogens is 218 g/mol. The maximum absolute atomic E-state index is 12.1. The van der Waals surface area contributed by atoms with Crippen molar-refractivity contribution in [1.29, 1.82) is 0 Å². The lowest BCUT2D eigenvalue weighted by Crippen LogP contribution is -2.31. The molecule has 0 saturated heterocycles. The SMILES string of the molecule is CCn1c(=O)n(CC(=O)NC)c2ccccc21. The van der Waals surface area contributed by atoms with Crippen molar-refractivity contribution in [2.45, 2.75) is 20.0 Å². The van der Waals surface area contributed by atoms with Gasteiger partial charge in [-0.05, 0) is 19.1 Å². The van der Waals surface area contributed by atoms with Crippen molar-refractivity contribution >= 4 is 16.9 Å². The van der Waals surface area contributed by atoms with E-state index in [0.29, 0.717) is 6.54 Å². The molecule has 0 spiro atoms. The van der Waals surface area contributed by atoms with Crippen molar-refractivity contribution in [2.75, 3.05) is 7.05 Å². The number of benzene rings is 1. The van der Waals surface area contributed by atoms with Gasteiger partial charge in [0.2, 0.25) is 5.91 Å². The van der Waals surface area contributed by atoms with Gasteiger partial charge in [-0.25, -0.2) is 4.79 Å². The van der Waals surface area contributed by atoms with Crippen LogP contribution in [-0.2, 0) is 17.9 Å². The van der Waals surface area contributed by atoms with E-state index in [4.69, 9.17) is 0 Å². The van der Waals surface area contributed by atoms with Crippen LogP contribution < -0.4 is 11.0 Å². The van der Waals surface area contributed by atoms with Gasteiger partial charge >= 0.3 is 5.69 Å². The average molecular weight is 233 g/mol. The van der Waals surface area contributed by atoms with Crippen LogP contribution in [0.5, 0.6) is 0 Å². The van der Waals surface area contributed by atoms with Gasteiger partial charge in [0.05, 0.1) is 11.0 Å². The zero-order valence-electron chi connectivity index (χ0n) is 9.93. The summed E-state index contributed by atoms with van der Waals surface area (Å²) >= 11 is 0. The Bertz CT molecular complexity index is 610. The summed E-state index contributed by atoms with van der Waals surface area (Å²) in [5.74, 6) is -0.175. The maximum Gasteiger partial charge on any atom is 0.329 e. The number of fused-ring (bicyclic) bond motifs is 1. The third-order valence-corrected chi connectivity index (χ3v) is 2.82. The average Bonchev–Trinajstić information content (AvgIpc) is 2.62. The molecule has 5 heteroatoms. The highest BCUT2D eigenvalue weighted by Crippen LogP contribution is 2.12. The summed E-state index contributed by atoms with van der Waals surface area (Å²) in [4.78, 5) is 23.5. The molecular formula is C12H15N3O2. The molecule has 2 rings (SSSR count). The Morgan fingerprint density at radius 3 is 2.35 bits per heavy atom. The van der Waals surface area contributed by atoms with Gasteiger partial charge in [0.15, 0.2) is 0 Å². The fourth-order valence-corrected chi connectivity index (χ4v) is 1.95. The summed E-state index contributed by atoms with van der Waals surface area (Å²) in [6.07, 6.45) is 0. The van der Waals surface area contributed by atoms with Crippen LogP contribution in [0.15, 0.2) is 29.1 Å². The van der Waals surface area contributed by atoms with Crippen LogP contribution >= 0.6 is 0 Å². The number of likely N-dealkylation sites (N-methyl/N-ethyl adjacent to an activating group) is 1. The van der Waals surface area contributed by atoms with Gasteiger partial charge in [0.25, 0.3) is 0 Å². The summed E-state index contributed by atoms with van der Waals surface area (Å²) in [7, 11) is 1.56.